The van der Waals surface area contributed by atoms with Crippen molar-refractivity contribution in [2.24, 2.45) is 0 Å². The summed E-state index contributed by atoms with van der Waals surface area (Å²) in [6.45, 7) is 6.21. The quantitative estimate of drug-likeness (QED) is 0.725. The van der Waals surface area contributed by atoms with Gasteiger partial charge in [0.15, 0.2) is 0 Å². The maximum atomic E-state index is 12.5. The molecule has 28 heavy (non-hydrogen) atoms. The number of rotatable bonds is 4. The van der Waals surface area contributed by atoms with Crippen molar-refractivity contribution >= 4 is 22.7 Å². The summed E-state index contributed by atoms with van der Waals surface area (Å²) in [6, 6.07) is 13.6. The van der Waals surface area contributed by atoms with E-state index in [-0.39, 0.29) is 11.8 Å². The second kappa shape index (κ2) is 7.50. The number of aromatic amines is 1. The van der Waals surface area contributed by atoms with Gasteiger partial charge in [0.2, 0.25) is 0 Å². The number of carbonyl (C=O) groups excluding carboxylic acids is 2. The van der Waals surface area contributed by atoms with E-state index in [2.05, 4.69) is 29.4 Å². The first-order valence-electron chi connectivity index (χ1n) is 9.77. The summed E-state index contributed by atoms with van der Waals surface area (Å²) in [6.07, 6.45) is 2.17. The molecule has 1 aliphatic rings. The molecule has 144 valence electrons. The van der Waals surface area contributed by atoms with Crippen LogP contribution in [-0.4, -0.2) is 34.8 Å². The van der Waals surface area contributed by atoms with E-state index in [4.69, 9.17) is 0 Å². The standard InChI is InChI=1S/C23H25N3O2/c1-15-11-16(2)19-13-21(25-20(19)12-15)22(27)24-14-17-5-7-18(8-6-17)23(28)26-9-3-4-10-26/h5-8,11-13,25H,3-4,9-10,14H2,1-2H3,(H,24,27). The minimum Gasteiger partial charge on any atom is -0.351 e. The van der Waals surface area contributed by atoms with Crippen LogP contribution in [0.2, 0.25) is 0 Å². The molecule has 0 unspecified atom stereocenters. The van der Waals surface area contributed by atoms with Gasteiger partial charge in [-0.3, -0.25) is 9.59 Å². The number of hydrogen-bond donors (Lipinski definition) is 2. The molecule has 5 heteroatoms. The molecule has 0 bridgehead atoms. The Kier molecular flexibility index (Phi) is 4.90. The molecule has 2 heterocycles. The van der Waals surface area contributed by atoms with E-state index in [9.17, 15) is 9.59 Å². The van der Waals surface area contributed by atoms with Crippen LogP contribution in [0, 0.1) is 13.8 Å². The molecule has 1 saturated heterocycles. The Morgan fingerprint density at radius 3 is 2.46 bits per heavy atom. The summed E-state index contributed by atoms with van der Waals surface area (Å²) >= 11 is 0. The molecule has 3 aromatic rings. The molecule has 2 amide bonds. The Balaban J connectivity index is 1.40. The fraction of sp³-hybridized carbons (Fsp3) is 0.304. The van der Waals surface area contributed by atoms with E-state index in [1.165, 1.54) is 5.56 Å². The molecule has 2 aromatic carbocycles. The van der Waals surface area contributed by atoms with Crippen LogP contribution in [0.5, 0.6) is 0 Å². The van der Waals surface area contributed by atoms with E-state index in [0.29, 0.717) is 17.8 Å². The van der Waals surface area contributed by atoms with Crippen LogP contribution in [0.4, 0.5) is 0 Å². The Morgan fingerprint density at radius 2 is 1.75 bits per heavy atom. The third-order valence-corrected chi connectivity index (χ3v) is 5.38. The first kappa shape index (κ1) is 18.3. The summed E-state index contributed by atoms with van der Waals surface area (Å²) in [5, 5.41) is 4.02. The summed E-state index contributed by atoms with van der Waals surface area (Å²) in [5.74, 6) is -0.0395. The van der Waals surface area contributed by atoms with Crippen LogP contribution < -0.4 is 5.32 Å². The highest BCUT2D eigenvalue weighted by molar-refractivity contribution is 5.99. The molecule has 0 atom stereocenters. The summed E-state index contributed by atoms with van der Waals surface area (Å²) in [7, 11) is 0. The van der Waals surface area contributed by atoms with Gasteiger partial charge >= 0.3 is 0 Å². The van der Waals surface area contributed by atoms with Crippen LogP contribution in [-0.2, 0) is 6.54 Å². The van der Waals surface area contributed by atoms with Gasteiger partial charge in [-0.15, -0.1) is 0 Å². The lowest BCUT2D eigenvalue weighted by atomic mass is 10.1. The third kappa shape index (κ3) is 3.65. The summed E-state index contributed by atoms with van der Waals surface area (Å²) in [5.41, 5.74) is 5.54. The second-order valence-electron chi connectivity index (χ2n) is 7.60. The lowest BCUT2D eigenvalue weighted by molar-refractivity contribution is 0.0792. The van der Waals surface area contributed by atoms with Crippen molar-refractivity contribution in [1.29, 1.82) is 0 Å². The van der Waals surface area contributed by atoms with Crippen molar-refractivity contribution in [2.75, 3.05) is 13.1 Å². The zero-order chi connectivity index (χ0) is 19.7. The Hall–Kier alpha value is -3.08. The van der Waals surface area contributed by atoms with E-state index in [1.54, 1.807) is 0 Å². The highest BCUT2D eigenvalue weighted by atomic mass is 16.2. The molecular weight excluding hydrogens is 350 g/mol. The Labute approximate surface area is 164 Å². The maximum absolute atomic E-state index is 12.5. The predicted octanol–water partition coefficient (Wildman–Crippen LogP) is 3.95. The zero-order valence-corrected chi connectivity index (χ0v) is 16.3. The topological polar surface area (TPSA) is 65.2 Å². The van der Waals surface area contributed by atoms with E-state index >= 15 is 0 Å². The number of likely N-dealkylation sites (tertiary alicyclic amines) is 1. The van der Waals surface area contributed by atoms with Gasteiger partial charge in [0.1, 0.15) is 5.69 Å². The molecule has 1 aliphatic heterocycles. The number of nitrogens with zero attached hydrogens (tertiary/aromatic N) is 1. The third-order valence-electron chi connectivity index (χ3n) is 5.38. The second-order valence-corrected chi connectivity index (χ2v) is 7.60. The van der Waals surface area contributed by atoms with Crippen molar-refractivity contribution in [3.05, 3.63) is 70.4 Å². The highest BCUT2D eigenvalue weighted by Gasteiger charge is 2.19. The molecule has 1 fully saturated rings. The largest absolute Gasteiger partial charge is 0.351 e. The van der Waals surface area contributed by atoms with Crippen molar-refractivity contribution in [1.82, 2.24) is 15.2 Å². The number of carbonyl (C=O) groups is 2. The molecule has 5 nitrogen and oxygen atoms in total. The first-order chi connectivity index (χ1) is 13.5. The number of benzene rings is 2. The van der Waals surface area contributed by atoms with Crippen molar-refractivity contribution in [3.8, 4) is 0 Å². The van der Waals surface area contributed by atoms with Crippen LogP contribution in [0.3, 0.4) is 0 Å². The van der Waals surface area contributed by atoms with Gasteiger partial charge in [-0.1, -0.05) is 18.2 Å². The smallest absolute Gasteiger partial charge is 0.267 e. The normalized spacial score (nSPS) is 13.9. The van der Waals surface area contributed by atoms with Crippen LogP contribution >= 0.6 is 0 Å². The number of amides is 2. The molecule has 0 saturated carbocycles. The minimum absolute atomic E-state index is 0.0943. The fourth-order valence-electron chi connectivity index (χ4n) is 3.87. The van der Waals surface area contributed by atoms with E-state index in [0.717, 1.165) is 48.0 Å². The maximum Gasteiger partial charge on any atom is 0.267 e. The molecule has 0 aliphatic carbocycles. The molecule has 1 aromatic heterocycles. The number of nitrogens with one attached hydrogen (secondary N) is 2. The Morgan fingerprint density at radius 1 is 1.04 bits per heavy atom. The first-order valence-corrected chi connectivity index (χ1v) is 9.77. The predicted molar refractivity (Wildman–Crippen MR) is 111 cm³/mol. The van der Waals surface area contributed by atoms with Gasteiger partial charge in [-0.2, -0.15) is 0 Å². The number of aromatic nitrogens is 1. The molecule has 4 rings (SSSR count). The fourth-order valence-corrected chi connectivity index (χ4v) is 3.87. The average molecular weight is 375 g/mol. The molecular formula is C23H25N3O2. The summed E-state index contributed by atoms with van der Waals surface area (Å²) in [4.78, 5) is 30.0. The molecule has 0 spiro atoms. The van der Waals surface area contributed by atoms with Gasteiger partial charge in [0.05, 0.1) is 0 Å². The monoisotopic (exact) mass is 375 g/mol. The number of aryl methyl sites for hydroxylation is 2. The number of hydrogen-bond acceptors (Lipinski definition) is 2. The van der Waals surface area contributed by atoms with Crippen LogP contribution in [0.1, 0.15) is 50.4 Å². The number of fused-ring (bicyclic) bond motifs is 1. The molecule has 2 N–H and O–H groups in total. The SMILES string of the molecule is Cc1cc(C)c2cc(C(=O)NCc3ccc(C(=O)N4CCCC4)cc3)[nH]c2c1. The lowest BCUT2D eigenvalue weighted by Crippen LogP contribution is -2.27. The van der Waals surface area contributed by atoms with Crippen molar-refractivity contribution in [2.45, 2.75) is 33.2 Å². The van der Waals surface area contributed by atoms with Crippen LogP contribution in [0.25, 0.3) is 10.9 Å². The van der Waals surface area contributed by atoms with Gasteiger partial charge in [0, 0.05) is 36.1 Å². The summed E-state index contributed by atoms with van der Waals surface area (Å²) < 4.78 is 0. The van der Waals surface area contributed by atoms with Gasteiger partial charge in [-0.25, -0.2) is 0 Å². The molecule has 0 radical (unpaired) electrons. The average Bonchev–Trinajstić information content (AvgIpc) is 3.36. The van der Waals surface area contributed by atoms with E-state index in [1.807, 2.05) is 42.2 Å². The highest BCUT2D eigenvalue weighted by Crippen LogP contribution is 2.21. The van der Waals surface area contributed by atoms with Gasteiger partial charge in [0.25, 0.3) is 11.8 Å². The van der Waals surface area contributed by atoms with Crippen molar-refractivity contribution < 1.29 is 9.59 Å². The number of H-pyrrole nitrogens is 1. The van der Waals surface area contributed by atoms with Crippen molar-refractivity contribution in [3.63, 3.8) is 0 Å². The Bertz CT molecular complexity index is 1030. The van der Waals surface area contributed by atoms with E-state index < -0.39 is 0 Å². The minimum atomic E-state index is -0.134. The van der Waals surface area contributed by atoms with Gasteiger partial charge in [-0.05, 0) is 67.6 Å². The zero-order valence-electron chi connectivity index (χ0n) is 16.3. The lowest BCUT2D eigenvalue weighted by Gasteiger charge is -2.15. The van der Waals surface area contributed by atoms with Gasteiger partial charge < -0.3 is 15.2 Å². The van der Waals surface area contributed by atoms with Crippen LogP contribution in [0.15, 0.2) is 42.5 Å².